The van der Waals surface area contributed by atoms with Crippen LogP contribution in [0.2, 0.25) is 0 Å². The lowest BCUT2D eigenvalue weighted by atomic mass is 10.3. The van der Waals surface area contributed by atoms with E-state index in [1.807, 2.05) is 0 Å². The van der Waals surface area contributed by atoms with Gasteiger partial charge >= 0.3 is 0 Å². The van der Waals surface area contributed by atoms with E-state index in [-0.39, 0.29) is 5.56 Å². The summed E-state index contributed by atoms with van der Waals surface area (Å²) in [5.41, 5.74) is -0.106. The van der Waals surface area contributed by atoms with E-state index in [1.54, 1.807) is 0 Å². The highest BCUT2D eigenvalue weighted by Crippen LogP contribution is 2.15. The molecule has 1 radical (unpaired) electrons. The Balaban J connectivity index is 2.85. The van der Waals surface area contributed by atoms with Gasteiger partial charge in [0.2, 0.25) is 0 Å². The zero-order valence-corrected chi connectivity index (χ0v) is 4.51. The molecule has 9 heavy (non-hydrogen) atoms. The van der Waals surface area contributed by atoms with Gasteiger partial charge in [-0.05, 0) is 6.07 Å². The monoisotopic (exact) mass is 128 g/mol. The van der Waals surface area contributed by atoms with E-state index >= 15 is 0 Å². The molecule has 0 aromatic carbocycles. The van der Waals surface area contributed by atoms with E-state index in [2.05, 4.69) is 11.1 Å². The lowest BCUT2D eigenvalue weighted by molar-refractivity contribution is 0.151. The number of halogens is 2. The maximum absolute atomic E-state index is 11.7. The molecule has 0 amide bonds. The van der Waals surface area contributed by atoms with E-state index in [4.69, 9.17) is 0 Å². The van der Waals surface area contributed by atoms with Crippen molar-refractivity contribution in [2.45, 2.75) is 6.43 Å². The van der Waals surface area contributed by atoms with Gasteiger partial charge in [-0.1, -0.05) is 0 Å². The van der Waals surface area contributed by atoms with Crippen LogP contribution in [-0.2, 0) is 0 Å². The molecule has 47 valence electrons. The number of hydrogen-bond donors (Lipinski definition) is 0. The summed E-state index contributed by atoms with van der Waals surface area (Å²) in [6.07, 6.45) is 0.104. The van der Waals surface area contributed by atoms with Crippen molar-refractivity contribution >= 4 is 0 Å². The molecule has 3 heteroatoms. The summed E-state index contributed by atoms with van der Waals surface area (Å²) in [5.74, 6) is 0. The van der Waals surface area contributed by atoms with Crippen LogP contribution in [-0.4, -0.2) is 4.98 Å². The standard InChI is InChI=1S/C6H4F2N/c7-6(8)5-1-3-9-4-2-5/h1,3-4,6H. The molecule has 0 saturated carbocycles. The fourth-order valence-corrected chi connectivity index (χ4v) is 0.462. The lowest BCUT2D eigenvalue weighted by Crippen LogP contribution is -1.82. The third kappa shape index (κ3) is 1.45. The van der Waals surface area contributed by atoms with Gasteiger partial charge in [0.25, 0.3) is 6.43 Å². The first-order valence-corrected chi connectivity index (χ1v) is 2.40. The fraction of sp³-hybridized carbons (Fsp3) is 0.167. The minimum atomic E-state index is -2.44. The molecule has 1 rings (SSSR count). The smallest absolute Gasteiger partial charge is 0.264 e. The Morgan fingerprint density at radius 2 is 2.33 bits per heavy atom. The van der Waals surface area contributed by atoms with Crippen LogP contribution in [0.5, 0.6) is 0 Å². The summed E-state index contributed by atoms with van der Waals surface area (Å²) < 4.78 is 23.4. The Bertz CT molecular complexity index is 174. The van der Waals surface area contributed by atoms with Gasteiger partial charge < -0.3 is 0 Å². The first-order chi connectivity index (χ1) is 4.30. The molecule has 0 aliphatic carbocycles. The summed E-state index contributed by atoms with van der Waals surface area (Å²) in [7, 11) is 0. The Morgan fingerprint density at radius 1 is 1.56 bits per heavy atom. The van der Waals surface area contributed by atoms with Gasteiger partial charge in [0, 0.05) is 24.0 Å². The predicted molar refractivity (Wildman–Crippen MR) is 28.0 cm³/mol. The molecule has 1 heterocycles. The largest absolute Gasteiger partial charge is 0.264 e. The molecule has 0 spiro atoms. The van der Waals surface area contributed by atoms with Gasteiger partial charge in [0.05, 0.1) is 0 Å². The van der Waals surface area contributed by atoms with Crippen LogP contribution in [0.1, 0.15) is 12.0 Å². The lowest BCUT2D eigenvalue weighted by Gasteiger charge is -1.93. The van der Waals surface area contributed by atoms with E-state index in [1.165, 1.54) is 18.5 Å². The van der Waals surface area contributed by atoms with Gasteiger partial charge in [0.15, 0.2) is 0 Å². The molecule has 0 bridgehead atoms. The van der Waals surface area contributed by atoms with Crippen LogP contribution in [0.4, 0.5) is 8.78 Å². The fourth-order valence-electron chi connectivity index (χ4n) is 0.462. The molecule has 0 atom stereocenters. The van der Waals surface area contributed by atoms with Crippen molar-refractivity contribution in [2.75, 3.05) is 0 Å². The third-order valence-corrected chi connectivity index (χ3v) is 0.881. The third-order valence-electron chi connectivity index (χ3n) is 0.881. The summed E-state index contributed by atoms with van der Waals surface area (Å²) in [6.45, 7) is 0. The van der Waals surface area contributed by atoms with Crippen molar-refractivity contribution in [1.82, 2.24) is 4.98 Å². The number of pyridine rings is 1. The Hall–Kier alpha value is -0.990. The molecule has 1 aromatic heterocycles. The zero-order chi connectivity index (χ0) is 6.69. The highest BCUT2D eigenvalue weighted by Gasteiger charge is 2.03. The summed E-state index contributed by atoms with van der Waals surface area (Å²) in [4.78, 5) is 3.54. The molecule has 0 unspecified atom stereocenters. The topological polar surface area (TPSA) is 12.9 Å². The number of aromatic nitrogens is 1. The Kier molecular flexibility index (Phi) is 1.72. The second-order valence-corrected chi connectivity index (χ2v) is 1.49. The number of nitrogens with zero attached hydrogens (tertiary/aromatic N) is 1. The second kappa shape index (κ2) is 2.53. The highest BCUT2D eigenvalue weighted by atomic mass is 19.3. The van der Waals surface area contributed by atoms with Crippen molar-refractivity contribution in [3.05, 3.63) is 30.1 Å². The van der Waals surface area contributed by atoms with E-state index < -0.39 is 6.43 Å². The second-order valence-electron chi connectivity index (χ2n) is 1.49. The van der Waals surface area contributed by atoms with Gasteiger partial charge in [-0.25, -0.2) is 8.78 Å². The summed E-state index contributed by atoms with van der Waals surface area (Å²) in [6, 6.07) is 3.55. The molecule has 0 N–H and O–H groups in total. The maximum Gasteiger partial charge on any atom is 0.264 e. The van der Waals surface area contributed by atoms with Gasteiger partial charge in [-0.2, -0.15) is 0 Å². The highest BCUT2D eigenvalue weighted by molar-refractivity contribution is 5.08. The first kappa shape index (κ1) is 6.13. The van der Waals surface area contributed by atoms with Gasteiger partial charge in [-0.15, -0.1) is 0 Å². The molecular formula is C6H4F2N. The maximum atomic E-state index is 11.7. The van der Waals surface area contributed by atoms with Crippen molar-refractivity contribution in [1.29, 1.82) is 0 Å². The predicted octanol–water partition coefficient (Wildman–Crippen LogP) is 1.82. The zero-order valence-electron chi connectivity index (χ0n) is 4.51. The molecule has 0 saturated heterocycles. The van der Waals surface area contributed by atoms with Crippen molar-refractivity contribution in [2.24, 2.45) is 0 Å². The molecule has 1 aromatic rings. The summed E-state index contributed by atoms with van der Waals surface area (Å²) in [5, 5.41) is 0. The normalized spacial score (nSPS) is 10.1. The van der Waals surface area contributed by atoms with Gasteiger partial charge in [-0.3, -0.25) is 4.98 Å². The first-order valence-electron chi connectivity index (χ1n) is 2.40. The van der Waals surface area contributed by atoms with Crippen LogP contribution >= 0.6 is 0 Å². The molecule has 1 nitrogen and oxygen atoms in total. The van der Waals surface area contributed by atoms with E-state index in [9.17, 15) is 8.78 Å². The SMILES string of the molecule is FC(F)c1[c]cncc1. The van der Waals surface area contributed by atoms with Crippen LogP contribution < -0.4 is 0 Å². The van der Waals surface area contributed by atoms with Crippen molar-refractivity contribution < 1.29 is 8.78 Å². The van der Waals surface area contributed by atoms with Gasteiger partial charge in [0.1, 0.15) is 0 Å². The van der Waals surface area contributed by atoms with Crippen LogP contribution in [0, 0.1) is 6.07 Å². The Labute approximate surface area is 51.3 Å². The molecule has 0 aliphatic heterocycles. The average molecular weight is 128 g/mol. The van der Waals surface area contributed by atoms with Crippen LogP contribution in [0.15, 0.2) is 18.5 Å². The van der Waals surface area contributed by atoms with Crippen LogP contribution in [0.3, 0.4) is 0 Å². The van der Waals surface area contributed by atoms with E-state index in [0.29, 0.717) is 0 Å². The number of alkyl halides is 2. The van der Waals surface area contributed by atoms with Crippen molar-refractivity contribution in [3.8, 4) is 0 Å². The van der Waals surface area contributed by atoms with Crippen molar-refractivity contribution in [3.63, 3.8) is 0 Å². The molecule has 0 aliphatic rings. The van der Waals surface area contributed by atoms with E-state index in [0.717, 1.165) is 0 Å². The minimum absolute atomic E-state index is 0.106. The average Bonchev–Trinajstić information content (AvgIpc) is 1.90. The van der Waals surface area contributed by atoms with Crippen LogP contribution in [0.25, 0.3) is 0 Å². The Morgan fingerprint density at radius 3 is 2.67 bits per heavy atom. The molecule has 0 fully saturated rings. The quantitative estimate of drug-likeness (QED) is 0.562. The number of hydrogen-bond acceptors (Lipinski definition) is 1. The summed E-state index contributed by atoms with van der Waals surface area (Å²) >= 11 is 0. The minimum Gasteiger partial charge on any atom is -0.264 e. The molecular weight excluding hydrogens is 124 g/mol. The number of rotatable bonds is 1.